The topological polar surface area (TPSA) is 26.3 Å². The molecule has 74 valence electrons. The number of benzene rings is 1. The Hall–Kier alpha value is -0.540. The predicted octanol–water partition coefficient (Wildman–Crippen LogP) is 2.70. The number of esters is 1. The highest BCUT2D eigenvalue weighted by atomic mass is 79.9. The number of halogens is 2. The normalized spacial score (nSPS) is 26.3. The van der Waals surface area contributed by atoms with Gasteiger partial charge in [0.15, 0.2) is 0 Å². The molecule has 2 atom stereocenters. The first-order valence-corrected chi connectivity index (χ1v) is 5.47. The molecule has 2 nitrogen and oxygen atoms in total. The molecule has 0 amide bonds. The molecule has 1 aromatic carbocycles. The van der Waals surface area contributed by atoms with Gasteiger partial charge in [-0.3, -0.25) is 4.79 Å². The molecule has 2 rings (SSSR count). The second kappa shape index (κ2) is 3.91. The molecule has 0 saturated carbocycles. The van der Waals surface area contributed by atoms with Gasteiger partial charge in [-0.25, -0.2) is 0 Å². The zero-order chi connectivity index (χ0) is 10.1. The van der Waals surface area contributed by atoms with E-state index in [1.807, 2.05) is 24.3 Å². The van der Waals surface area contributed by atoms with E-state index < -0.39 is 5.38 Å². The summed E-state index contributed by atoms with van der Waals surface area (Å²) in [6.45, 7) is 0.384. The van der Waals surface area contributed by atoms with Crippen LogP contribution in [0.5, 0.6) is 0 Å². The molecule has 0 bridgehead atoms. The first kappa shape index (κ1) is 9.99. The van der Waals surface area contributed by atoms with Crippen LogP contribution in [0.15, 0.2) is 28.7 Å². The lowest BCUT2D eigenvalue weighted by molar-refractivity contribution is -0.137. The van der Waals surface area contributed by atoms with E-state index in [1.54, 1.807) is 0 Å². The number of carbonyl (C=O) groups is 1. The van der Waals surface area contributed by atoms with Crippen molar-refractivity contribution in [2.45, 2.75) is 11.3 Å². The minimum atomic E-state index is -0.545. The highest BCUT2D eigenvalue weighted by Gasteiger charge is 2.36. The highest BCUT2D eigenvalue weighted by Crippen LogP contribution is 2.31. The Morgan fingerprint density at radius 2 is 2.00 bits per heavy atom. The van der Waals surface area contributed by atoms with Crippen molar-refractivity contribution in [3.8, 4) is 0 Å². The summed E-state index contributed by atoms with van der Waals surface area (Å²) in [5, 5.41) is -0.545. The molecule has 1 aromatic rings. The molecule has 1 saturated heterocycles. The van der Waals surface area contributed by atoms with Crippen LogP contribution in [0.3, 0.4) is 0 Å². The van der Waals surface area contributed by atoms with E-state index in [1.165, 1.54) is 0 Å². The summed E-state index contributed by atoms with van der Waals surface area (Å²) < 4.78 is 5.89. The van der Waals surface area contributed by atoms with Gasteiger partial charge in [0.2, 0.25) is 0 Å². The zero-order valence-electron chi connectivity index (χ0n) is 7.24. The number of carbonyl (C=O) groups excluding carboxylic acids is 1. The Kier molecular flexibility index (Phi) is 2.79. The van der Waals surface area contributed by atoms with E-state index in [-0.39, 0.29) is 11.9 Å². The molecule has 2 unspecified atom stereocenters. The number of alkyl halides is 1. The summed E-state index contributed by atoms with van der Waals surface area (Å²) in [5.41, 5.74) is 1.04. The minimum Gasteiger partial charge on any atom is -0.464 e. The van der Waals surface area contributed by atoms with Crippen LogP contribution >= 0.6 is 27.5 Å². The predicted molar refractivity (Wildman–Crippen MR) is 57.5 cm³/mol. The molecule has 0 aliphatic carbocycles. The number of rotatable bonds is 1. The second-order valence-electron chi connectivity index (χ2n) is 3.19. The molecule has 0 radical (unpaired) electrons. The number of cyclic esters (lactones) is 1. The van der Waals surface area contributed by atoms with Gasteiger partial charge in [0.05, 0.1) is 0 Å². The molecule has 1 aliphatic rings. The summed E-state index contributed by atoms with van der Waals surface area (Å²) in [5.74, 6) is -0.336. The van der Waals surface area contributed by atoms with Gasteiger partial charge in [0.1, 0.15) is 12.0 Å². The van der Waals surface area contributed by atoms with Crippen LogP contribution in [-0.4, -0.2) is 18.0 Å². The molecule has 4 heteroatoms. The lowest BCUT2D eigenvalue weighted by Crippen LogP contribution is -2.13. The third-order valence-electron chi connectivity index (χ3n) is 2.28. The van der Waals surface area contributed by atoms with Gasteiger partial charge in [0.25, 0.3) is 0 Å². The first-order chi connectivity index (χ1) is 6.68. The van der Waals surface area contributed by atoms with Gasteiger partial charge in [0, 0.05) is 10.4 Å². The summed E-state index contributed by atoms with van der Waals surface area (Å²) in [7, 11) is 0. The van der Waals surface area contributed by atoms with E-state index in [0.29, 0.717) is 6.61 Å². The summed E-state index contributed by atoms with van der Waals surface area (Å²) in [6.07, 6.45) is 0. The van der Waals surface area contributed by atoms with E-state index in [2.05, 4.69) is 15.9 Å². The zero-order valence-corrected chi connectivity index (χ0v) is 9.59. The van der Waals surface area contributed by atoms with Gasteiger partial charge in [-0.15, -0.1) is 11.6 Å². The van der Waals surface area contributed by atoms with Gasteiger partial charge >= 0.3 is 5.97 Å². The Morgan fingerprint density at radius 3 is 2.50 bits per heavy atom. The van der Waals surface area contributed by atoms with Crippen molar-refractivity contribution < 1.29 is 9.53 Å². The van der Waals surface area contributed by atoms with Crippen LogP contribution in [0, 0.1) is 0 Å². The summed E-state index contributed by atoms with van der Waals surface area (Å²) in [6, 6.07) is 7.77. The second-order valence-corrected chi connectivity index (χ2v) is 4.58. The van der Waals surface area contributed by atoms with Crippen LogP contribution in [0.25, 0.3) is 0 Å². The van der Waals surface area contributed by atoms with Crippen molar-refractivity contribution in [2.24, 2.45) is 0 Å². The fourth-order valence-corrected chi connectivity index (χ4v) is 2.02. The fourth-order valence-electron chi connectivity index (χ4n) is 1.48. The Labute approximate surface area is 95.3 Å². The molecule has 14 heavy (non-hydrogen) atoms. The molecule has 0 spiro atoms. The number of hydrogen-bond acceptors (Lipinski definition) is 2. The van der Waals surface area contributed by atoms with Crippen molar-refractivity contribution in [3.05, 3.63) is 34.3 Å². The largest absolute Gasteiger partial charge is 0.464 e. The smallest absolute Gasteiger partial charge is 0.324 e. The average molecular weight is 276 g/mol. The van der Waals surface area contributed by atoms with Crippen LogP contribution in [0.4, 0.5) is 0 Å². The maximum Gasteiger partial charge on any atom is 0.324 e. The molecular weight excluding hydrogens is 267 g/mol. The maximum absolute atomic E-state index is 11.1. The van der Waals surface area contributed by atoms with Crippen molar-refractivity contribution >= 4 is 33.5 Å². The van der Waals surface area contributed by atoms with Crippen LogP contribution in [0.1, 0.15) is 11.5 Å². The quantitative estimate of drug-likeness (QED) is 0.582. The van der Waals surface area contributed by atoms with Gasteiger partial charge in [-0.1, -0.05) is 28.1 Å². The highest BCUT2D eigenvalue weighted by molar-refractivity contribution is 9.10. The van der Waals surface area contributed by atoms with Crippen LogP contribution < -0.4 is 0 Å². The van der Waals surface area contributed by atoms with E-state index >= 15 is 0 Å². The van der Waals surface area contributed by atoms with Crippen molar-refractivity contribution in [1.29, 1.82) is 0 Å². The number of hydrogen-bond donors (Lipinski definition) is 0. The summed E-state index contributed by atoms with van der Waals surface area (Å²) >= 11 is 9.27. The van der Waals surface area contributed by atoms with Gasteiger partial charge in [-0.05, 0) is 17.7 Å². The lowest BCUT2D eigenvalue weighted by Gasteiger charge is -2.09. The Morgan fingerprint density at radius 1 is 1.36 bits per heavy atom. The fraction of sp³-hybridized carbons (Fsp3) is 0.300. The average Bonchev–Trinajstić information content (AvgIpc) is 2.50. The van der Waals surface area contributed by atoms with Gasteiger partial charge in [-0.2, -0.15) is 0 Å². The SMILES string of the molecule is O=C1OCC(c2ccc(Br)cc2)C1Cl. The van der Waals surface area contributed by atoms with Crippen molar-refractivity contribution in [1.82, 2.24) is 0 Å². The molecule has 0 N–H and O–H groups in total. The van der Waals surface area contributed by atoms with Crippen molar-refractivity contribution in [2.75, 3.05) is 6.61 Å². The van der Waals surface area contributed by atoms with Gasteiger partial charge < -0.3 is 4.74 Å². The number of ether oxygens (including phenoxy) is 1. The van der Waals surface area contributed by atoms with Crippen LogP contribution in [0.2, 0.25) is 0 Å². The molecule has 1 heterocycles. The minimum absolute atomic E-state index is 0.0164. The van der Waals surface area contributed by atoms with E-state index in [9.17, 15) is 4.79 Å². The molecule has 1 aliphatic heterocycles. The Balaban J connectivity index is 2.23. The third kappa shape index (κ3) is 1.79. The third-order valence-corrected chi connectivity index (χ3v) is 3.29. The van der Waals surface area contributed by atoms with Crippen LogP contribution in [-0.2, 0) is 9.53 Å². The molecular formula is C10H8BrClO2. The summed E-state index contributed by atoms with van der Waals surface area (Å²) in [4.78, 5) is 11.1. The van der Waals surface area contributed by atoms with E-state index in [0.717, 1.165) is 10.0 Å². The molecule has 1 fully saturated rings. The maximum atomic E-state index is 11.1. The van der Waals surface area contributed by atoms with Crippen molar-refractivity contribution in [3.63, 3.8) is 0 Å². The molecule has 0 aromatic heterocycles. The standard InChI is InChI=1S/C10H8BrClO2/c11-7-3-1-6(2-4-7)8-5-14-10(13)9(8)12/h1-4,8-9H,5H2. The monoisotopic (exact) mass is 274 g/mol. The van der Waals surface area contributed by atoms with E-state index in [4.69, 9.17) is 16.3 Å². The lowest BCUT2D eigenvalue weighted by atomic mass is 9.98. The Bertz CT molecular complexity index is 350. The first-order valence-electron chi connectivity index (χ1n) is 4.24.